The molecule has 0 aliphatic carbocycles. The van der Waals surface area contributed by atoms with Crippen molar-refractivity contribution in [3.05, 3.63) is 11.9 Å². The first kappa shape index (κ1) is 13.9. The fourth-order valence-corrected chi connectivity index (χ4v) is 2.02. The second-order valence-electron chi connectivity index (χ2n) is 4.57. The van der Waals surface area contributed by atoms with Crippen LogP contribution in [0.5, 0.6) is 0 Å². The van der Waals surface area contributed by atoms with E-state index in [-0.39, 0.29) is 11.7 Å². The van der Waals surface area contributed by atoms with Crippen LogP contribution in [0.2, 0.25) is 0 Å². The molecule has 2 N–H and O–H groups in total. The van der Waals surface area contributed by atoms with Crippen LogP contribution in [0.25, 0.3) is 0 Å². The van der Waals surface area contributed by atoms with E-state index in [9.17, 15) is 9.90 Å². The lowest BCUT2D eigenvalue weighted by Crippen LogP contribution is -2.51. The minimum Gasteiger partial charge on any atom is -0.476 e. The summed E-state index contributed by atoms with van der Waals surface area (Å²) in [6.07, 6.45) is 0.937. The van der Waals surface area contributed by atoms with E-state index in [0.717, 1.165) is 13.1 Å². The smallest absolute Gasteiger partial charge is 0.358 e. The van der Waals surface area contributed by atoms with Gasteiger partial charge in [0.2, 0.25) is 0 Å². The van der Waals surface area contributed by atoms with Gasteiger partial charge in [0, 0.05) is 26.2 Å². The number of aromatic nitrogens is 3. The lowest BCUT2D eigenvalue weighted by atomic mass is 10.1. The fourth-order valence-electron chi connectivity index (χ4n) is 2.02. The summed E-state index contributed by atoms with van der Waals surface area (Å²) in [5.74, 6) is -1.07. The van der Waals surface area contributed by atoms with E-state index < -0.39 is 12.1 Å². The summed E-state index contributed by atoms with van der Waals surface area (Å²) < 4.78 is 6.70. The predicted molar refractivity (Wildman–Crippen MR) is 65.0 cm³/mol. The molecule has 0 radical (unpaired) electrons. The standard InChI is InChI=1S/C11H18N4O4/c1-2-19-7-9(16)5-14-3-8(4-14)15-6-10(11(17)18)12-13-15/h6,8-9,16H,2-5,7H2,1H3,(H,17,18). The molecule has 0 bridgehead atoms. The Balaban J connectivity index is 1.74. The van der Waals surface area contributed by atoms with Crippen molar-refractivity contribution in [2.75, 3.05) is 32.8 Å². The zero-order chi connectivity index (χ0) is 13.8. The van der Waals surface area contributed by atoms with Crippen molar-refractivity contribution in [1.29, 1.82) is 0 Å². The highest BCUT2D eigenvalue weighted by atomic mass is 16.5. The van der Waals surface area contributed by atoms with E-state index in [1.54, 1.807) is 4.68 Å². The third kappa shape index (κ3) is 3.49. The Morgan fingerprint density at radius 3 is 2.95 bits per heavy atom. The third-order valence-electron chi connectivity index (χ3n) is 3.02. The zero-order valence-electron chi connectivity index (χ0n) is 10.8. The number of aliphatic hydroxyl groups excluding tert-OH is 1. The van der Waals surface area contributed by atoms with Crippen LogP contribution in [0.3, 0.4) is 0 Å². The number of rotatable bonds is 7. The van der Waals surface area contributed by atoms with Crippen molar-refractivity contribution in [1.82, 2.24) is 19.9 Å². The van der Waals surface area contributed by atoms with Crippen molar-refractivity contribution in [2.45, 2.75) is 19.1 Å². The SMILES string of the molecule is CCOCC(O)CN1CC(n2cc(C(=O)O)nn2)C1. The maximum atomic E-state index is 10.7. The molecule has 1 aromatic rings. The molecule has 1 unspecified atom stereocenters. The van der Waals surface area contributed by atoms with Crippen LogP contribution in [-0.2, 0) is 4.74 Å². The number of aromatic carboxylic acids is 1. The molecule has 0 aromatic carbocycles. The van der Waals surface area contributed by atoms with Gasteiger partial charge in [-0.25, -0.2) is 9.48 Å². The lowest BCUT2D eigenvalue weighted by Gasteiger charge is -2.39. The Bertz CT molecular complexity index is 430. The summed E-state index contributed by atoms with van der Waals surface area (Å²) in [7, 11) is 0. The minimum absolute atomic E-state index is 0.0465. The number of likely N-dealkylation sites (tertiary alicyclic amines) is 1. The topological polar surface area (TPSA) is 101 Å². The number of nitrogens with zero attached hydrogens (tertiary/aromatic N) is 4. The number of carboxylic acids is 1. The monoisotopic (exact) mass is 270 g/mol. The van der Waals surface area contributed by atoms with Crippen molar-refractivity contribution in [3.8, 4) is 0 Å². The molecule has 2 rings (SSSR count). The zero-order valence-corrected chi connectivity index (χ0v) is 10.8. The highest BCUT2D eigenvalue weighted by Gasteiger charge is 2.30. The van der Waals surface area contributed by atoms with Crippen LogP contribution < -0.4 is 0 Å². The van der Waals surface area contributed by atoms with Gasteiger partial charge in [-0.05, 0) is 6.92 Å². The molecule has 1 fully saturated rings. The van der Waals surface area contributed by atoms with Crippen molar-refractivity contribution < 1.29 is 19.7 Å². The van der Waals surface area contributed by atoms with E-state index in [2.05, 4.69) is 15.2 Å². The number of carboxylic acid groups (broad SMARTS) is 1. The maximum Gasteiger partial charge on any atom is 0.358 e. The number of aliphatic hydroxyl groups is 1. The molecule has 106 valence electrons. The summed E-state index contributed by atoms with van der Waals surface area (Å²) in [4.78, 5) is 12.7. The second kappa shape index (κ2) is 6.09. The largest absolute Gasteiger partial charge is 0.476 e. The van der Waals surface area contributed by atoms with Crippen LogP contribution in [0.15, 0.2) is 6.20 Å². The molecule has 1 saturated heterocycles. The average molecular weight is 270 g/mol. The Hall–Kier alpha value is -1.51. The molecule has 0 saturated carbocycles. The summed E-state index contributed by atoms with van der Waals surface area (Å²) in [6, 6.07) is 0.125. The first-order valence-electron chi connectivity index (χ1n) is 6.23. The summed E-state index contributed by atoms with van der Waals surface area (Å²) in [5, 5.41) is 25.8. The van der Waals surface area contributed by atoms with E-state index >= 15 is 0 Å². The number of carbonyl (C=O) groups is 1. The average Bonchev–Trinajstić information content (AvgIpc) is 2.79. The number of hydrogen-bond donors (Lipinski definition) is 2. The highest BCUT2D eigenvalue weighted by Crippen LogP contribution is 2.20. The van der Waals surface area contributed by atoms with Crippen LogP contribution in [0, 0.1) is 0 Å². The van der Waals surface area contributed by atoms with Gasteiger partial charge < -0.3 is 14.9 Å². The Labute approximate surface area is 110 Å². The van der Waals surface area contributed by atoms with Gasteiger partial charge >= 0.3 is 5.97 Å². The van der Waals surface area contributed by atoms with E-state index in [0.29, 0.717) is 19.8 Å². The van der Waals surface area contributed by atoms with Crippen molar-refractivity contribution in [3.63, 3.8) is 0 Å². The third-order valence-corrected chi connectivity index (χ3v) is 3.02. The number of ether oxygens (including phenoxy) is 1. The van der Waals surface area contributed by atoms with E-state index in [1.807, 2.05) is 6.92 Å². The van der Waals surface area contributed by atoms with Gasteiger partial charge in [0.1, 0.15) is 0 Å². The van der Waals surface area contributed by atoms with Crippen molar-refractivity contribution in [2.24, 2.45) is 0 Å². The normalized spacial score (nSPS) is 18.2. The molecule has 1 aliphatic rings. The van der Waals surface area contributed by atoms with Crippen molar-refractivity contribution >= 4 is 5.97 Å². The summed E-state index contributed by atoms with van der Waals surface area (Å²) in [5.41, 5.74) is -0.0465. The van der Waals surface area contributed by atoms with E-state index in [4.69, 9.17) is 9.84 Å². The number of β-amino-alcohol motifs (C(OH)–C–C–N with tert-alkyl or cyclic N) is 1. The Kier molecular flexibility index (Phi) is 4.46. The molecule has 2 heterocycles. The molecule has 19 heavy (non-hydrogen) atoms. The van der Waals surface area contributed by atoms with Gasteiger partial charge in [-0.2, -0.15) is 0 Å². The molecule has 0 spiro atoms. The van der Waals surface area contributed by atoms with Crippen LogP contribution >= 0.6 is 0 Å². The molecule has 0 amide bonds. The van der Waals surface area contributed by atoms with Crippen LogP contribution in [0.4, 0.5) is 0 Å². The molecule has 1 aromatic heterocycles. The lowest BCUT2D eigenvalue weighted by molar-refractivity contribution is -0.00626. The Morgan fingerprint density at radius 2 is 2.37 bits per heavy atom. The highest BCUT2D eigenvalue weighted by molar-refractivity contribution is 5.84. The number of hydrogen-bond acceptors (Lipinski definition) is 6. The molecule has 8 nitrogen and oxygen atoms in total. The Morgan fingerprint density at radius 1 is 1.63 bits per heavy atom. The van der Waals surface area contributed by atoms with Gasteiger partial charge in [-0.15, -0.1) is 5.10 Å². The molecular weight excluding hydrogens is 252 g/mol. The first-order chi connectivity index (χ1) is 9.10. The predicted octanol–water partition coefficient (Wildman–Crippen LogP) is -0.770. The second-order valence-corrected chi connectivity index (χ2v) is 4.57. The molecule has 1 atom stereocenters. The fraction of sp³-hybridized carbons (Fsp3) is 0.727. The molecule has 1 aliphatic heterocycles. The molecule has 8 heteroatoms. The molecular formula is C11H18N4O4. The van der Waals surface area contributed by atoms with Gasteiger partial charge in [0.25, 0.3) is 0 Å². The van der Waals surface area contributed by atoms with Gasteiger partial charge in [0.05, 0.1) is 24.9 Å². The van der Waals surface area contributed by atoms with Gasteiger partial charge in [-0.1, -0.05) is 5.21 Å². The minimum atomic E-state index is -1.07. The van der Waals surface area contributed by atoms with E-state index in [1.165, 1.54) is 6.20 Å². The van der Waals surface area contributed by atoms with Gasteiger partial charge in [0.15, 0.2) is 5.69 Å². The maximum absolute atomic E-state index is 10.7. The van der Waals surface area contributed by atoms with Gasteiger partial charge in [-0.3, -0.25) is 4.90 Å². The quantitative estimate of drug-likeness (QED) is 0.671. The summed E-state index contributed by atoms with van der Waals surface area (Å²) in [6.45, 7) is 4.83. The van der Waals surface area contributed by atoms with Crippen LogP contribution in [0.1, 0.15) is 23.5 Å². The van der Waals surface area contributed by atoms with Crippen LogP contribution in [-0.4, -0.2) is 75.0 Å². The first-order valence-corrected chi connectivity index (χ1v) is 6.23. The summed E-state index contributed by atoms with van der Waals surface area (Å²) >= 11 is 0.